The number of hydrogen-bond acceptors (Lipinski definition) is 5. The van der Waals surface area contributed by atoms with Gasteiger partial charge in [-0.3, -0.25) is 9.78 Å². The van der Waals surface area contributed by atoms with Gasteiger partial charge in [0, 0.05) is 42.8 Å². The van der Waals surface area contributed by atoms with Crippen LogP contribution in [-0.4, -0.2) is 36.1 Å². The lowest BCUT2D eigenvalue weighted by Crippen LogP contribution is -2.47. The Balaban J connectivity index is 1.43. The van der Waals surface area contributed by atoms with E-state index < -0.39 is 0 Å². The quantitative estimate of drug-likeness (QED) is 0.531. The van der Waals surface area contributed by atoms with Crippen molar-refractivity contribution in [1.29, 1.82) is 0 Å². The molecule has 5 nitrogen and oxygen atoms in total. The predicted molar refractivity (Wildman–Crippen MR) is 126 cm³/mol. The molecule has 1 N–H and O–H groups in total. The normalized spacial score (nSPS) is 14.5. The number of aryl methyl sites for hydroxylation is 2. The van der Waals surface area contributed by atoms with E-state index >= 15 is 0 Å². The Hall–Kier alpha value is -3.12. The molecule has 5 rings (SSSR count). The topological polar surface area (TPSA) is 52.2 Å². The molecular formula is C24H24N4OS. The van der Waals surface area contributed by atoms with Crippen LogP contribution in [-0.2, 0) is 0 Å². The number of piperazine rings is 1. The molecule has 0 aliphatic carbocycles. The number of benzene rings is 2. The minimum Gasteiger partial charge on any atom is -0.368 e. The van der Waals surface area contributed by atoms with E-state index in [4.69, 9.17) is 4.98 Å². The molecule has 0 atom stereocenters. The largest absolute Gasteiger partial charge is 0.368 e. The summed E-state index contributed by atoms with van der Waals surface area (Å²) in [6, 6.07) is 16.8. The molecule has 6 heteroatoms. The molecule has 152 valence electrons. The van der Waals surface area contributed by atoms with Gasteiger partial charge in [-0.2, -0.15) is 0 Å². The second-order valence-corrected chi connectivity index (χ2v) is 8.73. The Labute approximate surface area is 179 Å². The van der Waals surface area contributed by atoms with Gasteiger partial charge < -0.3 is 9.80 Å². The van der Waals surface area contributed by atoms with Gasteiger partial charge in [-0.05, 0) is 36.6 Å². The van der Waals surface area contributed by atoms with Crippen LogP contribution in [0, 0.1) is 13.8 Å². The summed E-state index contributed by atoms with van der Waals surface area (Å²) in [6.45, 7) is 7.76. The number of nitrogens with zero attached hydrogens (tertiary/aromatic N) is 3. The first-order chi connectivity index (χ1) is 14.6. The molecule has 30 heavy (non-hydrogen) atoms. The molecular weight excluding hydrogens is 392 g/mol. The van der Waals surface area contributed by atoms with Crippen LogP contribution in [0.15, 0.2) is 58.7 Å². The van der Waals surface area contributed by atoms with Crippen LogP contribution in [0.4, 0.5) is 11.6 Å². The second-order valence-electron chi connectivity index (χ2n) is 7.85. The van der Waals surface area contributed by atoms with Gasteiger partial charge in [0.25, 0.3) is 5.56 Å². The molecule has 0 bridgehead atoms. The summed E-state index contributed by atoms with van der Waals surface area (Å²) in [5.41, 5.74) is 6.73. The fourth-order valence-electron chi connectivity index (χ4n) is 4.11. The standard InChI is InChI=1S/C24H24N4OS/c1-16-8-9-17(2)20(14-16)27-10-12-28(13-11-27)24-25-21-19(18-6-4-3-5-7-18)15-30-22(21)23(29)26-24/h3-9,14-15H,10-13H2,1-2H3,(H,25,26,29). The molecule has 1 saturated heterocycles. The zero-order valence-electron chi connectivity index (χ0n) is 17.2. The molecule has 1 aliphatic rings. The van der Waals surface area contributed by atoms with Crippen molar-refractivity contribution in [2.75, 3.05) is 36.0 Å². The highest BCUT2D eigenvalue weighted by atomic mass is 32.1. The maximum atomic E-state index is 12.7. The number of anilines is 2. The summed E-state index contributed by atoms with van der Waals surface area (Å²) >= 11 is 1.46. The van der Waals surface area contributed by atoms with E-state index in [1.165, 1.54) is 28.2 Å². The maximum absolute atomic E-state index is 12.7. The molecule has 0 amide bonds. The van der Waals surface area contributed by atoms with Gasteiger partial charge in [0.05, 0.1) is 5.52 Å². The third kappa shape index (κ3) is 3.37. The van der Waals surface area contributed by atoms with Crippen LogP contribution in [0.25, 0.3) is 21.3 Å². The van der Waals surface area contributed by atoms with Crippen LogP contribution in [0.5, 0.6) is 0 Å². The Bertz CT molecular complexity index is 1250. The second kappa shape index (κ2) is 7.61. The van der Waals surface area contributed by atoms with Crippen LogP contribution in [0.2, 0.25) is 0 Å². The van der Waals surface area contributed by atoms with E-state index in [0.717, 1.165) is 42.8 Å². The van der Waals surface area contributed by atoms with Gasteiger partial charge in [0.2, 0.25) is 5.95 Å². The molecule has 2 aromatic heterocycles. The molecule has 0 radical (unpaired) electrons. The van der Waals surface area contributed by atoms with Gasteiger partial charge in [-0.25, -0.2) is 4.98 Å². The fourth-order valence-corrected chi connectivity index (χ4v) is 5.02. The summed E-state index contributed by atoms with van der Waals surface area (Å²) in [6.07, 6.45) is 0. The monoisotopic (exact) mass is 416 g/mol. The summed E-state index contributed by atoms with van der Waals surface area (Å²) in [4.78, 5) is 25.2. The Morgan fingerprint density at radius 3 is 2.47 bits per heavy atom. The lowest BCUT2D eigenvalue weighted by Gasteiger charge is -2.37. The van der Waals surface area contributed by atoms with Gasteiger partial charge in [0.1, 0.15) is 4.70 Å². The number of thiophene rings is 1. The first kappa shape index (κ1) is 18.9. The summed E-state index contributed by atoms with van der Waals surface area (Å²) in [5.74, 6) is 0.670. The maximum Gasteiger partial charge on any atom is 0.270 e. The third-order valence-corrected chi connectivity index (χ3v) is 6.75. The molecule has 4 aromatic rings. The Morgan fingerprint density at radius 1 is 0.967 bits per heavy atom. The van der Waals surface area contributed by atoms with E-state index in [9.17, 15) is 4.79 Å². The van der Waals surface area contributed by atoms with Crippen LogP contribution in [0.3, 0.4) is 0 Å². The van der Waals surface area contributed by atoms with Crippen molar-refractivity contribution in [2.24, 2.45) is 0 Å². The summed E-state index contributed by atoms with van der Waals surface area (Å²) in [7, 11) is 0. The van der Waals surface area contributed by atoms with Crippen molar-refractivity contribution in [3.05, 3.63) is 75.4 Å². The predicted octanol–water partition coefficient (Wildman–Crippen LogP) is 4.60. The Kier molecular flexibility index (Phi) is 4.79. The van der Waals surface area contributed by atoms with Crippen molar-refractivity contribution < 1.29 is 0 Å². The van der Waals surface area contributed by atoms with Crippen molar-refractivity contribution in [2.45, 2.75) is 13.8 Å². The number of aromatic amines is 1. The van der Waals surface area contributed by atoms with E-state index in [1.807, 2.05) is 23.6 Å². The van der Waals surface area contributed by atoms with Crippen molar-refractivity contribution in [3.63, 3.8) is 0 Å². The van der Waals surface area contributed by atoms with Gasteiger partial charge in [0.15, 0.2) is 0 Å². The van der Waals surface area contributed by atoms with Crippen LogP contribution in [0.1, 0.15) is 11.1 Å². The number of nitrogens with one attached hydrogen (secondary N) is 1. The first-order valence-corrected chi connectivity index (χ1v) is 11.1. The highest BCUT2D eigenvalue weighted by Gasteiger charge is 2.22. The highest BCUT2D eigenvalue weighted by molar-refractivity contribution is 7.17. The smallest absolute Gasteiger partial charge is 0.270 e. The van der Waals surface area contributed by atoms with Crippen molar-refractivity contribution >= 4 is 33.2 Å². The molecule has 0 unspecified atom stereocenters. The molecule has 1 fully saturated rings. The fraction of sp³-hybridized carbons (Fsp3) is 0.250. The number of fused-ring (bicyclic) bond motifs is 1. The first-order valence-electron chi connectivity index (χ1n) is 10.2. The molecule has 0 saturated carbocycles. The average Bonchev–Trinajstić information content (AvgIpc) is 3.21. The Morgan fingerprint density at radius 2 is 1.70 bits per heavy atom. The molecule has 0 spiro atoms. The minimum absolute atomic E-state index is 0.0564. The molecule has 3 heterocycles. The summed E-state index contributed by atoms with van der Waals surface area (Å²) < 4.78 is 0.687. The zero-order valence-corrected chi connectivity index (χ0v) is 18.0. The highest BCUT2D eigenvalue weighted by Crippen LogP contribution is 2.32. The van der Waals surface area contributed by atoms with Gasteiger partial charge in [-0.1, -0.05) is 42.5 Å². The number of hydrogen-bond donors (Lipinski definition) is 1. The van der Waals surface area contributed by atoms with E-state index in [2.05, 4.69) is 59.0 Å². The van der Waals surface area contributed by atoms with Crippen LogP contribution >= 0.6 is 11.3 Å². The SMILES string of the molecule is Cc1ccc(C)c(N2CCN(c3nc4c(-c5ccccc5)csc4c(=O)[nH]3)CC2)c1. The summed E-state index contributed by atoms with van der Waals surface area (Å²) in [5, 5.41) is 2.03. The van der Waals surface area contributed by atoms with Crippen molar-refractivity contribution in [1.82, 2.24) is 9.97 Å². The molecule has 2 aromatic carbocycles. The van der Waals surface area contributed by atoms with Crippen molar-refractivity contribution in [3.8, 4) is 11.1 Å². The number of aromatic nitrogens is 2. The number of rotatable bonds is 3. The van der Waals surface area contributed by atoms with E-state index in [1.54, 1.807) is 0 Å². The van der Waals surface area contributed by atoms with Gasteiger partial charge >= 0.3 is 0 Å². The average molecular weight is 417 g/mol. The lowest BCUT2D eigenvalue weighted by molar-refractivity contribution is 0.639. The van der Waals surface area contributed by atoms with E-state index in [-0.39, 0.29) is 5.56 Å². The lowest BCUT2D eigenvalue weighted by atomic mass is 10.1. The molecule has 1 aliphatic heterocycles. The minimum atomic E-state index is -0.0564. The third-order valence-electron chi connectivity index (χ3n) is 5.78. The van der Waals surface area contributed by atoms with Crippen LogP contribution < -0.4 is 15.4 Å². The zero-order chi connectivity index (χ0) is 20.7. The number of H-pyrrole nitrogens is 1. The van der Waals surface area contributed by atoms with Gasteiger partial charge in [-0.15, -0.1) is 11.3 Å². The van der Waals surface area contributed by atoms with E-state index in [0.29, 0.717) is 10.6 Å².